The van der Waals surface area contributed by atoms with Gasteiger partial charge in [-0.1, -0.05) is 6.08 Å². The molecule has 0 aromatic carbocycles. The van der Waals surface area contributed by atoms with E-state index in [1.807, 2.05) is 0 Å². The Morgan fingerprint density at radius 3 is 2.33 bits per heavy atom. The molecule has 0 unspecified atom stereocenters. The number of rotatable bonds is 3. The molecule has 0 aliphatic carbocycles. The Labute approximate surface area is 90.4 Å². The highest BCUT2D eigenvalue weighted by Gasteiger charge is 2.14. The maximum atomic E-state index is 11.1. The Morgan fingerprint density at radius 2 is 1.93 bits per heavy atom. The normalized spacial score (nSPS) is 12.8. The van der Waals surface area contributed by atoms with Gasteiger partial charge in [-0.3, -0.25) is 0 Å². The van der Waals surface area contributed by atoms with Gasteiger partial charge < -0.3 is 10.1 Å². The standard InChI is InChI=1S/C9H17NO4S/c1-9(2,3)14-8(11)10-6-5-7-15(4,12)13/h5,7H,6H2,1-4H3,(H,10,11)/b7-5-. The molecule has 5 nitrogen and oxygen atoms in total. The fraction of sp³-hybridized carbons (Fsp3) is 0.667. The predicted octanol–water partition coefficient (Wildman–Crippen LogP) is 1.07. The fourth-order valence-electron chi connectivity index (χ4n) is 0.679. The minimum atomic E-state index is -3.13. The van der Waals surface area contributed by atoms with Crippen LogP contribution in [0.3, 0.4) is 0 Å². The molecule has 1 amide bonds. The molecule has 0 atom stereocenters. The van der Waals surface area contributed by atoms with Crippen molar-refractivity contribution in [3.8, 4) is 0 Å². The summed E-state index contributed by atoms with van der Waals surface area (Å²) in [5.74, 6) is 0. The quantitative estimate of drug-likeness (QED) is 0.794. The van der Waals surface area contributed by atoms with E-state index in [1.54, 1.807) is 20.8 Å². The molecule has 0 fully saturated rings. The average molecular weight is 235 g/mol. The van der Waals surface area contributed by atoms with E-state index in [0.717, 1.165) is 11.7 Å². The summed E-state index contributed by atoms with van der Waals surface area (Å²) >= 11 is 0. The van der Waals surface area contributed by atoms with Crippen LogP contribution < -0.4 is 5.32 Å². The Hall–Kier alpha value is -1.04. The Bertz CT molecular complexity index is 338. The van der Waals surface area contributed by atoms with E-state index in [0.29, 0.717) is 0 Å². The van der Waals surface area contributed by atoms with Crippen molar-refractivity contribution >= 4 is 15.9 Å². The first-order chi connectivity index (χ1) is 6.60. The highest BCUT2D eigenvalue weighted by molar-refractivity contribution is 7.93. The maximum Gasteiger partial charge on any atom is 0.407 e. The number of sulfone groups is 1. The van der Waals surface area contributed by atoms with Crippen LogP contribution in [0.2, 0.25) is 0 Å². The van der Waals surface area contributed by atoms with Crippen LogP contribution in [0.15, 0.2) is 11.5 Å². The van der Waals surface area contributed by atoms with Gasteiger partial charge in [-0.25, -0.2) is 13.2 Å². The largest absolute Gasteiger partial charge is 0.444 e. The van der Waals surface area contributed by atoms with Gasteiger partial charge >= 0.3 is 6.09 Å². The molecule has 1 N–H and O–H groups in total. The van der Waals surface area contributed by atoms with Crippen molar-refractivity contribution in [1.29, 1.82) is 0 Å². The van der Waals surface area contributed by atoms with Crippen LogP contribution in [0.25, 0.3) is 0 Å². The van der Waals surface area contributed by atoms with Crippen LogP contribution in [0.1, 0.15) is 20.8 Å². The van der Waals surface area contributed by atoms with Crippen molar-refractivity contribution in [2.45, 2.75) is 26.4 Å². The second-order valence-electron chi connectivity index (χ2n) is 4.08. The Morgan fingerprint density at radius 1 is 1.40 bits per heavy atom. The highest BCUT2D eigenvalue weighted by Crippen LogP contribution is 2.06. The van der Waals surface area contributed by atoms with Crippen molar-refractivity contribution in [3.05, 3.63) is 11.5 Å². The molecule has 0 aliphatic rings. The molecule has 0 spiro atoms. The van der Waals surface area contributed by atoms with Crippen LogP contribution >= 0.6 is 0 Å². The summed E-state index contributed by atoms with van der Waals surface area (Å²) in [6, 6.07) is 0. The number of carbonyl (C=O) groups is 1. The van der Waals surface area contributed by atoms with Crippen LogP contribution in [-0.4, -0.2) is 32.9 Å². The lowest BCUT2D eigenvalue weighted by molar-refractivity contribution is 0.0534. The van der Waals surface area contributed by atoms with Crippen LogP contribution in [0, 0.1) is 0 Å². The number of ether oxygens (including phenoxy) is 1. The minimum Gasteiger partial charge on any atom is -0.444 e. The molecule has 0 aliphatic heterocycles. The summed E-state index contributed by atoms with van der Waals surface area (Å²) in [6.07, 6.45) is 1.86. The molecule has 0 rings (SSSR count). The summed E-state index contributed by atoms with van der Waals surface area (Å²) < 4.78 is 26.3. The van der Waals surface area contributed by atoms with E-state index in [1.165, 1.54) is 6.08 Å². The maximum absolute atomic E-state index is 11.1. The zero-order valence-corrected chi connectivity index (χ0v) is 10.2. The van der Waals surface area contributed by atoms with E-state index in [9.17, 15) is 13.2 Å². The molecule has 0 heterocycles. The summed E-state index contributed by atoms with van der Waals surface area (Å²) in [4.78, 5) is 11.1. The van der Waals surface area contributed by atoms with Gasteiger partial charge in [0.2, 0.25) is 0 Å². The molecule has 88 valence electrons. The third kappa shape index (κ3) is 10.9. The average Bonchev–Trinajstić information content (AvgIpc) is 1.92. The lowest BCUT2D eigenvalue weighted by atomic mass is 10.2. The lowest BCUT2D eigenvalue weighted by Gasteiger charge is -2.19. The van der Waals surface area contributed by atoms with E-state index in [4.69, 9.17) is 4.74 Å². The zero-order valence-electron chi connectivity index (χ0n) is 9.40. The molecule has 0 saturated heterocycles. The second kappa shape index (κ2) is 5.16. The van der Waals surface area contributed by atoms with Crippen LogP contribution in [-0.2, 0) is 14.6 Å². The van der Waals surface area contributed by atoms with Crippen molar-refractivity contribution < 1.29 is 17.9 Å². The van der Waals surface area contributed by atoms with Gasteiger partial charge in [-0.2, -0.15) is 0 Å². The van der Waals surface area contributed by atoms with Crippen LogP contribution in [0.5, 0.6) is 0 Å². The molecule has 6 heteroatoms. The summed E-state index contributed by atoms with van der Waals surface area (Å²) in [5.41, 5.74) is -0.551. The number of hydrogen-bond acceptors (Lipinski definition) is 4. The van der Waals surface area contributed by atoms with Crippen molar-refractivity contribution in [2.75, 3.05) is 12.8 Å². The third-order valence-electron chi connectivity index (χ3n) is 1.11. The molecule has 15 heavy (non-hydrogen) atoms. The SMILES string of the molecule is CC(C)(C)OC(=O)NC/C=C\S(C)(=O)=O. The van der Waals surface area contributed by atoms with Gasteiger partial charge in [0.25, 0.3) is 0 Å². The molecule has 0 radical (unpaired) electrons. The molecule has 0 aromatic rings. The number of hydrogen-bond donors (Lipinski definition) is 1. The van der Waals surface area contributed by atoms with Crippen LogP contribution in [0.4, 0.5) is 4.79 Å². The fourth-order valence-corrected chi connectivity index (χ4v) is 1.13. The molecule has 0 saturated carbocycles. The van der Waals surface area contributed by atoms with E-state index >= 15 is 0 Å². The first-order valence-corrected chi connectivity index (χ1v) is 6.39. The number of alkyl carbamates (subject to hydrolysis) is 1. The van der Waals surface area contributed by atoms with E-state index < -0.39 is 21.5 Å². The van der Waals surface area contributed by atoms with Crippen molar-refractivity contribution in [2.24, 2.45) is 0 Å². The third-order valence-corrected chi connectivity index (χ3v) is 1.79. The highest BCUT2D eigenvalue weighted by atomic mass is 32.2. The van der Waals surface area contributed by atoms with Gasteiger partial charge in [-0.15, -0.1) is 0 Å². The molecule has 0 bridgehead atoms. The van der Waals surface area contributed by atoms with Crippen molar-refractivity contribution in [3.63, 3.8) is 0 Å². The summed E-state index contributed by atoms with van der Waals surface area (Å²) in [5, 5.41) is 3.43. The lowest BCUT2D eigenvalue weighted by Crippen LogP contribution is -2.32. The van der Waals surface area contributed by atoms with Gasteiger partial charge in [-0.05, 0) is 20.8 Å². The molecule has 0 aromatic heterocycles. The second-order valence-corrected chi connectivity index (χ2v) is 6.02. The monoisotopic (exact) mass is 235 g/mol. The molecular formula is C9H17NO4S. The molecular weight excluding hydrogens is 218 g/mol. The number of nitrogens with one attached hydrogen (secondary N) is 1. The smallest absolute Gasteiger partial charge is 0.407 e. The number of carbonyl (C=O) groups excluding carboxylic acids is 1. The minimum absolute atomic E-state index is 0.127. The first-order valence-electron chi connectivity index (χ1n) is 4.43. The Kier molecular flexibility index (Phi) is 4.80. The number of amides is 1. The van der Waals surface area contributed by atoms with Gasteiger partial charge in [0.05, 0.1) is 0 Å². The zero-order chi connectivity index (χ0) is 12.1. The van der Waals surface area contributed by atoms with Gasteiger partial charge in [0.1, 0.15) is 5.60 Å². The van der Waals surface area contributed by atoms with Gasteiger partial charge in [0, 0.05) is 18.2 Å². The topological polar surface area (TPSA) is 72.5 Å². The van der Waals surface area contributed by atoms with Gasteiger partial charge in [0.15, 0.2) is 9.84 Å². The summed E-state index contributed by atoms with van der Waals surface area (Å²) in [7, 11) is -3.13. The van der Waals surface area contributed by atoms with Crippen molar-refractivity contribution in [1.82, 2.24) is 5.32 Å². The van der Waals surface area contributed by atoms with E-state index in [2.05, 4.69) is 5.32 Å². The predicted molar refractivity (Wildman–Crippen MR) is 58.2 cm³/mol. The first kappa shape index (κ1) is 14.0. The van der Waals surface area contributed by atoms with E-state index in [-0.39, 0.29) is 6.54 Å². The Balaban J connectivity index is 3.89. The summed E-state index contributed by atoms with van der Waals surface area (Å²) in [6.45, 7) is 5.37.